The highest BCUT2D eigenvalue weighted by Crippen LogP contribution is 2.06. The number of rotatable bonds is 7. The highest BCUT2D eigenvalue weighted by molar-refractivity contribution is 7.80. The second-order valence-electron chi connectivity index (χ2n) is 3.64. The second-order valence-corrected chi connectivity index (χ2v) is 4.00. The van der Waals surface area contributed by atoms with Gasteiger partial charge in [-0.3, -0.25) is 14.9 Å². The van der Waals surface area contributed by atoms with Crippen molar-refractivity contribution in [1.29, 1.82) is 0 Å². The Morgan fingerprint density at radius 3 is 2.35 bits per heavy atom. The van der Waals surface area contributed by atoms with E-state index in [0.29, 0.717) is 13.1 Å². The maximum absolute atomic E-state index is 13.8. The molecule has 5 nitrogen and oxygen atoms in total. The van der Waals surface area contributed by atoms with Crippen LogP contribution < -0.4 is 16.0 Å². The molecule has 0 spiro atoms. The number of amides is 2. The Morgan fingerprint density at radius 2 is 1.94 bits per heavy atom. The zero-order valence-corrected chi connectivity index (χ0v) is 11.2. The number of likely N-dealkylation sites (N-methyl/N-ethyl adjacent to an activating group) is 2. The van der Waals surface area contributed by atoms with Crippen molar-refractivity contribution in [2.24, 2.45) is 0 Å². The van der Waals surface area contributed by atoms with E-state index in [1.54, 1.807) is 13.8 Å². The summed E-state index contributed by atoms with van der Waals surface area (Å²) in [6, 6.07) is -0.834. The molecule has 0 fully saturated rings. The number of alkyl halides is 1. The molecule has 0 bridgehead atoms. The first-order chi connectivity index (χ1) is 7.88. The number of nitrogens with one attached hydrogen (secondary N) is 3. The number of carbonyl (C=O) groups is 2. The highest BCUT2D eigenvalue weighted by atomic mass is 32.1. The average molecular weight is 265 g/mol. The van der Waals surface area contributed by atoms with Crippen molar-refractivity contribution in [2.45, 2.75) is 32.6 Å². The van der Waals surface area contributed by atoms with Crippen molar-refractivity contribution in [1.82, 2.24) is 16.0 Å². The van der Waals surface area contributed by atoms with Gasteiger partial charge in [-0.2, -0.15) is 12.6 Å². The Morgan fingerprint density at radius 1 is 1.35 bits per heavy atom. The lowest BCUT2D eigenvalue weighted by Crippen LogP contribution is -2.57. The highest BCUT2D eigenvalue weighted by Gasteiger charge is 2.34. The van der Waals surface area contributed by atoms with Gasteiger partial charge in [-0.25, -0.2) is 4.39 Å². The molecular weight excluding hydrogens is 245 g/mol. The topological polar surface area (TPSA) is 70.2 Å². The molecule has 0 aliphatic carbocycles. The van der Waals surface area contributed by atoms with E-state index < -0.39 is 17.7 Å². The van der Waals surface area contributed by atoms with Crippen molar-refractivity contribution >= 4 is 24.4 Å². The molecular formula is C10H20FN3O2S. The molecule has 0 saturated heterocycles. The van der Waals surface area contributed by atoms with Gasteiger partial charge in [0, 0.05) is 12.3 Å². The Bertz CT molecular complexity index is 274. The maximum Gasteiger partial charge on any atom is 0.273 e. The van der Waals surface area contributed by atoms with E-state index in [-0.39, 0.29) is 11.7 Å². The minimum atomic E-state index is -2.19. The molecule has 17 heavy (non-hydrogen) atoms. The molecule has 0 rings (SSSR count). The van der Waals surface area contributed by atoms with Crippen LogP contribution in [0.25, 0.3) is 0 Å². The van der Waals surface area contributed by atoms with Crippen LogP contribution in [0.15, 0.2) is 0 Å². The third-order valence-electron chi connectivity index (χ3n) is 2.09. The molecule has 0 aliphatic rings. The van der Waals surface area contributed by atoms with Gasteiger partial charge in [0.15, 0.2) is 0 Å². The van der Waals surface area contributed by atoms with Crippen molar-refractivity contribution in [2.75, 3.05) is 18.8 Å². The number of halogens is 1. The molecule has 0 aromatic rings. The Hall–Kier alpha value is -0.820. The van der Waals surface area contributed by atoms with Gasteiger partial charge in [0.2, 0.25) is 11.7 Å². The fourth-order valence-electron chi connectivity index (χ4n) is 1.20. The van der Waals surface area contributed by atoms with Crippen LogP contribution >= 0.6 is 12.6 Å². The fourth-order valence-corrected chi connectivity index (χ4v) is 1.45. The lowest BCUT2D eigenvalue weighted by molar-refractivity contribution is -0.137. The Labute approximate surface area is 106 Å². The number of hydrogen-bond donors (Lipinski definition) is 4. The van der Waals surface area contributed by atoms with Crippen LogP contribution in [0, 0.1) is 0 Å². The van der Waals surface area contributed by atoms with Gasteiger partial charge in [-0.15, -0.1) is 0 Å². The molecule has 2 atom stereocenters. The van der Waals surface area contributed by atoms with E-state index in [9.17, 15) is 14.0 Å². The zero-order chi connectivity index (χ0) is 13.5. The SMILES string of the molecule is CCNC(=O)[C@@H](CS)NC(=O)[C@](C)(F)NCC. The Balaban J connectivity index is 4.47. The van der Waals surface area contributed by atoms with Crippen molar-refractivity contribution in [3.05, 3.63) is 0 Å². The minimum Gasteiger partial charge on any atom is -0.355 e. The third-order valence-corrected chi connectivity index (χ3v) is 2.46. The van der Waals surface area contributed by atoms with Gasteiger partial charge in [-0.05, 0) is 20.4 Å². The first-order valence-electron chi connectivity index (χ1n) is 5.52. The van der Waals surface area contributed by atoms with Crippen molar-refractivity contribution in [3.63, 3.8) is 0 Å². The molecule has 0 saturated carbocycles. The summed E-state index contributed by atoms with van der Waals surface area (Å²) in [7, 11) is 0. The van der Waals surface area contributed by atoms with Crippen molar-refractivity contribution < 1.29 is 14.0 Å². The first-order valence-corrected chi connectivity index (χ1v) is 6.15. The van der Waals surface area contributed by atoms with Crippen LogP contribution in [0.3, 0.4) is 0 Å². The summed E-state index contributed by atoms with van der Waals surface area (Å²) in [6.45, 7) is 5.31. The quantitative estimate of drug-likeness (QED) is 0.382. The molecule has 0 heterocycles. The van der Waals surface area contributed by atoms with Gasteiger partial charge in [0.25, 0.3) is 5.91 Å². The van der Waals surface area contributed by atoms with Gasteiger partial charge in [0.1, 0.15) is 6.04 Å². The van der Waals surface area contributed by atoms with Crippen LogP contribution in [0.1, 0.15) is 20.8 Å². The van der Waals surface area contributed by atoms with Gasteiger partial charge in [0.05, 0.1) is 0 Å². The van der Waals surface area contributed by atoms with E-state index in [2.05, 4.69) is 28.6 Å². The van der Waals surface area contributed by atoms with Crippen LogP contribution in [0.4, 0.5) is 4.39 Å². The van der Waals surface area contributed by atoms with Gasteiger partial charge in [-0.1, -0.05) is 6.92 Å². The van der Waals surface area contributed by atoms with Gasteiger partial charge < -0.3 is 10.6 Å². The maximum atomic E-state index is 13.8. The monoisotopic (exact) mass is 265 g/mol. The molecule has 100 valence electrons. The minimum absolute atomic E-state index is 0.111. The smallest absolute Gasteiger partial charge is 0.273 e. The lowest BCUT2D eigenvalue weighted by atomic mass is 10.2. The molecule has 0 aliphatic heterocycles. The fraction of sp³-hybridized carbons (Fsp3) is 0.800. The second kappa shape index (κ2) is 7.50. The average Bonchev–Trinajstić information content (AvgIpc) is 2.25. The molecule has 0 aromatic heterocycles. The van der Waals surface area contributed by atoms with E-state index >= 15 is 0 Å². The number of thiol groups is 1. The number of hydrogen-bond acceptors (Lipinski definition) is 4. The van der Waals surface area contributed by atoms with E-state index in [4.69, 9.17) is 0 Å². The van der Waals surface area contributed by atoms with Crippen LogP contribution in [-0.2, 0) is 9.59 Å². The molecule has 0 radical (unpaired) electrons. The predicted molar refractivity (Wildman–Crippen MR) is 67.7 cm³/mol. The molecule has 0 aromatic carbocycles. The molecule has 0 unspecified atom stereocenters. The summed E-state index contributed by atoms with van der Waals surface area (Å²) in [5.41, 5.74) is 0. The van der Waals surface area contributed by atoms with Gasteiger partial charge >= 0.3 is 0 Å². The van der Waals surface area contributed by atoms with Crippen LogP contribution in [-0.4, -0.2) is 42.5 Å². The largest absolute Gasteiger partial charge is 0.355 e. The first kappa shape index (κ1) is 16.2. The zero-order valence-electron chi connectivity index (χ0n) is 10.3. The Kier molecular flexibility index (Phi) is 7.13. The van der Waals surface area contributed by atoms with Crippen LogP contribution in [0.2, 0.25) is 0 Å². The summed E-state index contributed by atoms with van der Waals surface area (Å²) >= 11 is 3.95. The van der Waals surface area contributed by atoms with Crippen molar-refractivity contribution in [3.8, 4) is 0 Å². The van der Waals surface area contributed by atoms with E-state index in [0.717, 1.165) is 6.92 Å². The normalized spacial score (nSPS) is 15.8. The number of carbonyl (C=O) groups excluding carboxylic acids is 2. The summed E-state index contributed by atoms with van der Waals surface area (Å²) in [6.07, 6.45) is 0. The predicted octanol–water partition coefficient (Wildman–Crippen LogP) is -0.168. The summed E-state index contributed by atoms with van der Waals surface area (Å²) in [4.78, 5) is 23.0. The summed E-state index contributed by atoms with van der Waals surface area (Å²) in [5, 5.41) is 7.24. The lowest BCUT2D eigenvalue weighted by Gasteiger charge is -2.23. The summed E-state index contributed by atoms with van der Waals surface area (Å²) in [5.74, 6) is -3.32. The third kappa shape index (κ3) is 5.36. The molecule has 7 heteroatoms. The molecule has 2 amide bonds. The van der Waals surface area contributed by atoms with E-state index in [1.807, 2.05) is 0 Å². The van der Waals surface area contributed by atoms with E-state index in [1.165, 1.54) is 0 Å². The molecule has 3 N–H and O–H groups in total. The summed E-state index contributed by atoms with van der Waals surface area (Å²) < 4.78 is 13.8. The standard InChI is InChI=1S/C10H20FN3O2S/c1-4-12-8(15)7(6-17)14-9(16)10(3,11)13-5-2/h7,13,17H,4-6H2,1-3H3,(H,12,15)(H,14,16)/t7-,10-/m1/s1. The van der Waals surface area contributed by atoms with Crippen LogP contribution in [0.5, 0.6) is 0 Å².